The largest absolute Gasteiger partial charge is 0.489 e. The third-order valence-corrected chi connectivity index (χ3v) is 8.45. The second-order valence-corrected chi connectivity index (χ2v) is 11.5. The van der Waals surface area contributed by atoms with Crippen LogP contribution in [0.2, 0.25) is 0 Å². The Kier molecular flexibility index (Phi) is 9.87. The van der Waals surface area contributed by atoms with E-state index in [2.05, 4.69) is 39.3 Å². The summed E-state index contributed by atoms with van der Waals surface area (Å²) < 4.78 is 15.6. The van der Waals surface area contributed by atoms with Crippen LogP contribution in [-0.4, -0.2) is 30.8 Å². The summed E-state index contributed by atoms with van der Waals surface area (Å²) in [7, 11) is 1.99. The number of aromatic nitrogens is 1. The summed E-state index contributed by atoms with van der Waals surface area (Å²) in [5, 5.41) is 2.95. The average Bonchev–Trinajstić information content (AvgIpc) is 3.52. The monoisotopic (exact) mass is 584 g/mol. The molecule has 0 saturated heterocycles. The molecule has 42 heavy (non-hydrogen) atoms. The fourth-order valence-corrected chi connectivity index (χ4v) is 5.92. The van der Waals surface area contributed by atoms with Crippen molar-refractivity contribution >= 4 is 28.4 Å². The molecule has 0 atom stereocenters. The predicted octanol–water partition coefficient (Wildman–Crippen LogP) is 7.75. The van der Waals surface area contributed by atoms with Gasteiger partial charge in [-0.15, -0.1) is 11.3 Å². The fraction of sp³-hybridized carbons (Fsp3) is 0.324. The topological polar surface area (TPSA) is 78.0 Å². The number of benzene rings is 3. The third-order valence-electron chi connectivity index (χ3n) is 7.49. The van der Waals surface area contributed by atoms with Crippen LogP contribution in [0.3, 0.4) is 0 Å². The Morgan fingerprint density at radius 3 is 2.26 bits per heavy atom. The minimum Gasteiger partial charge on any atom is -0.489 e. The Labute approximate surface area is 251 Å². The first-order valence-electron chi connectivity index (χ1n) is 14.3. The molecule has 0 radical (unpaired) electrons. The molecule has 1 fully saturated rings. The van der Waals surface area contributed by atoms with E-state index in [1.54, 1.807) is 23.5 Å². The van der Waals surface area contributed by atoms with Gasteiger partial charge in [0.05, 0.1) is 11.3 Å². The van der Waals surface area contributed by atoms with Crippen molar-refractivity contribution in [3.63, 3.8) is 0 Å². The SMILES string of the molecule is CC(=O)OCOC(=O)c1ccc(CN(C)c2nc(-c3ccc(OCc4ccc(C5CCCCC5)cc4)cc3)cs2)cc1. The summed E-state index contributed by atoms with van der Waals surface area (Å²) >= 11 is 1.58. The molecule has 0 amide bonds. The van der Waals surface area contributed by atoms with Crippen molar-refractivity contribution in [1.82, 2.24) is 4.98 Å². The van der Waals surface area contributed by atoms with Gasteiger partial charge in [0, 0.05) is 31.5 Å². The molecule has 1 saturated carbocycles. The molecule has 7 nitrogen and oxygen atoms in total. The number of thiazole rings is 1. The van der Waals surface area contributed by atoms with Crippen molar-refractivity contribution in [2.75, 3.05) is 18.7 Å². The first-order chi connectivity index (χ1) is 20.4. The molecular weight excluding hydrogens is 548 g/mol. The van der Waals surface area contributed by atoms with Gasteiger partial charge >= 0.3 is 11.9 Å². The summed E-state index contributed by atoms with van der Waals surface area (Å²) in [6, 6.07) is 24.1. The zero-order valence-corrected chi connectivity index (χ0v) is 24.9. The molecule has 0 aliphatic heterocycles. The van der Waals surface area contributed by atoms with Gasteiger partial charge in [-0.05, 0) is 71.8 Å². The number of nitrogens with zero attached hydrogens (tertiary/aromatic N) is 2. The van der Waals surface area contributed by atoms with E-state index in [0.717, 1.165) is 33.6 Å². The van der Waals surface area contributed by atoms with Gasteiger partial charge in [-0.1, -0.05) is 55.7 Å². The van der Waals surface area contributed by atoms with Crippen molar-refractivity contribution in [1.29, 1.82) is 0 Å². The van der Waals surface area contributed by atoms with Crippen molar-refractivity contribution in [2.45, 2.75) is 58.1 Å². The van der Waals surface area contributed by atoms with Crippen molar-refractivity contribution < 1.29 is 23.8 Å². The van der Waals surface area contributed by atoms with E-state index in [9.17, 15) is 9.59 Å². The minimum atomic E-state index is -0.541. The van der Waals surface area contributed by atoms with Gasteiger partial charge in [0.2, 0.25) is 6.79 Å². The van der Waals surface area contributed by atoms with Gasteiger partial charge in [-0.3, -0.25) is 4.79 Å². The molecule has 8 heteroatoms. The van der Waals surface area contributed by atoms with Crippen molar-refractivity contribution in [3.05, 3.63) is 100 Å². The Morgan fingerprint density at radius 2 is 1.57 bits per heavy atom. The molecule has 0 unspecified atom stereocenters. The number of esters is 2. The van der Waals surface area contributed by atoms with Crippen LogP contribution >= 0.6 is 11.3 Å². The third kappa shape index (κ3) is 7.97. The lowest BCUT2D eigenvalue weighted by molar-refractivity contribution is -0.149. The highest BCUT2D eigenvalue weighted by atomic mass is 32.1. The molecule has 0 N–H and O–H groups in total. The smallest absolute Gasteiger partial charge is 0.340 e. The maximum absolute atomic E-state index is 12.1. The zero-order chi connectivity index (χ0) is 29.3. The Morgan fingerprint density at radius 1 is 0.881 bits per heavy atom. The van der Waals surface area contributed by atoms with E-state index in [1.807, 2.05) is 43.4 Å². The summed E-state index contributed by atoms with van der Waals surface area (Å²) in [5.74, 6) is 0.513. The summed E-state index contributed by atoms with van der Waals surface area (Å²) in [4.78, 5) is 29.8. The highest BCUT2D eigenvalue weighted by Crippen LogP contribution is 2.33. The average molecular weight is 585 g/mol. The second kappa shape index (κ2) is 14.1. The summed E-state index contributed by atoms with van der Waals surface area (Å²) in [6.45, 7) is 2.04. The maximum Gasteiger partial charge on any atom is 0.340 e. The van der Waals surface area contributed by atoms with Crippen LogP contribution in [0.25, 0.3) is 11.3 Å². The van der Waals surface area contributed by atoms with Gasteiger partial charge in [-0.25, -0.2) is 9.78 Å². The van der Waals surface area contributed by atoms with Crippen LogP contribution in [0.1, 0.15) is 72.0 Å². The molecule has 3 aromatic carbocycles. The van der Waals surface area contributed by atoms with Crippen LogP contribution in [0.4, 0.5) is 5.13 Å². The normalized spacial score (nSPS) is 13.4. The molecule has 1 aliphatic carbocycles. The van der Waals surface area contributed by atoms with E-state index in [4.69, 9.17) is 14.5 Å². The lowest BCUT2D eigenvalue weighted by Crippen LogP contribution is -2.16. The Bertz CT molecular complexity index is 1460. The second-order valence-electron chi connectivity index (χ2n) is 10.6. The number of carbonyl (C=O) groups is 2. The quantitative estimate of drug-likeness (QED) is 0.132. The molecule has 1 aliphatic rings. The van der Waals surface area contributed by atoms with E-state index in [1.165, 1.54) is 50.2 Å². The van der Waals surface area contributed by atoms with E-state index in [-0.39, 0.29) is 0 Å². The number of rotatable bonds is 11. The first-order valence-corrected chi connectivity index (χ1v) is 15.2. The summed E-state index contributed by atoms with van der Waals surface area (Å²) in [6.07, 6.45) is 6.70. The van der Waals surface area contributed by atoms with Crippen LogP contribution in [0, 0.1) is 0 Å². The standard InChI is InChI=1S/C34H36N2O5S/c1-24(37)40-23-41-33(38)30-14-8-25(9-15-30)20-36(2)34-35-32(22-42-34)29-16-18-31(19-17-29)39-21-26-10-12-28(13-11-26)27-6-4-3-5-7-27/h8-19,22,27H,3-7,20-21,23H2,1-2H3. The Hall–Kier alpha value is -4.17. The molecule has 1 aromatic heterocycles. The predicted molar refractivity (Wildman–Crippen MR) is 165 cm³/mol. The van der Waals surface area contributed by atoms with Gasteiger partial charge in [0.1, 0.15) is 12.4 Å². The number of anilines is 1. The van der Waals surface area contributed by atoms with Gasteiger partial charge in [0.15, 0.2) is 5.13 Å². The van der Waals surface area contributed by atoms with E-state index in [0.29, 0.717) is 18.7 Å². The number of hydrogen-bond donors (Lipinski definition) is 0. The molecular formula is C34H36N2O5S. The maximum atomic E-state index is 12.1. The van der Waals surface area contributed by atoms with Crippen LogP contribution in [-0.2, 0) is 27.4 Å². The van der Waals surface area contributed by atoms with Crippen LogP contribution in [0.15, 0.2) is 78.2 Å². The zero-order valence-electron chi connectivity index (χ0n) is 24.1. The fourth-order valence-electron chi connectivity index (χ4n) is 5.12. The molecule has 1 heterocycles. The molecule has 0 bridgehead atoms. The lowest BCUT2D eigenvalue weighted by Gasteiger charge is -2.22. The van der Waals surface area contributed by atoms with Gasteiger partial charge < -0.3 is 19.1 Å². The van der Waals surface area contributed by atoms with Crippen molar-refractivity contribution in [2.24, 2.45) is 0 Å². The number of hydrogen-bond acceptors (Lipinski definition) is 8. The summed E-state index contributed by atoms with van der Waals surface area (Å²) in [5.41, 5.74) is 6.01. The Balaban J connectivity index is 1.11. The van der Waals surface area contributed by atoms with Gasteiger partial charge in [0.25, 0.3) is 0 Å². The van der Waals surface area contributed by atoms with E-state index >= 15 is 0 Å². The minimum absolute atomic E-state index is 0.393. The lowest BCUT2D eigenvalue weighted by atomic mass is 9.84. The van der Waals surface area contributed by atoms with E-state index < -0.39 is 18.7 Å². The highest BCUT2D eigenvalue weighted by molar-refractivity contribution is 7.14. The molecule has 4 aromatic rings. The van der Waals surface area contributed by atoms with Crippen molar-refractivity contribution in [3.8, 4) is 17.0 Å². The van der Waals surface area contributed by atoms with Crippen LogP contribution < -0.4 is 9.64 Å². The van der Waals surface area contributed by atoms with Gasteiger partial charge in [-0.2, -0.15) is 0 Å². The molecule has 0 spiro atoms. The highest BCUT2D eigenvalue weighted by Gasteiger charge is 2.15. The first kappa shape index (κ1) is 29.3. The molecule has 218 valence electrons. The number of carbonyl (C=O) groups excluding carboxylic acids is 2. The molecule has 5 rings (SSSR count). The number of ether oxygens (including phenoxy) is 3. The van der Waals surface area contributed by atoms with Crippen LogP contribution in [0.5, 0.6) is 5.75 Å².